The Morgan fingerprint density at radius 2 is 2.00 bits per heavy atom. The first-order valence-corrected chi connectivity index (χ1v) is 8.65. The SMILES string of the molecule is O=C(O)C1CC2CCCCC2N1C(=O)c1cnc2ccc(F)cc2c1. The molecule has 0 bridgehead atoms. The molecule has 2 heterocycles. The maximum absolute atomic E-state index is 13.5. The summed E-state index contributed by atoms with van der Waals surface area (Å²) in [6.45, 7) is 0. The van der Waals surface area contributed by atoms with Gasteiger partial charge in [0.1, 0.15) is 11.9 Å². The van der Waals surface area contributed by atoms with Gasteiger partial charge < -0.3 is 10.0 Å². The number of rotatable bonds is 2. The molecular formula is C19H19FN2O3. The Kier molecular flexibility index (Phi) is 3.90. The van der Waals surface area contributed by atoms with Gasteiger partial charge in [0.15, 0.2) is 0 Å². The zero-order valence-corrected chi connectivity index (χ0v) is 13.7. The Labute approximate surface area is 144 Å². The normalized spacial score (nSPS) is 25.8. The third-order valence-corrected chi connectivity index (χ3v) is 5.50. The van der Waals surface area contributed by atoms with E-state index in [9.17, 15) is 19.1 Å². The minimum Gasteiger partial charge on any atom is -0.480 e. The molecule has 4 rings (SSSR count). The number of fused-ring (bicyclic) bond motifs is 2. The first-order valence-electron chi connectivity index (χ1n) is 8.65. The second-order valence-corrected chi connectivity index (χ2v) is 6.98. The van der Waals surface area contributed by atoms with E-state index < -0.39 is 17.8 Å². The zero-order valence-electron chi connectivity index (χ0n) is 13.7. The molecular weight excluding hydrogens is 323 g/mol. The maximum atomic E-state index is 13.5. The van der Waals surface area contributed by atoms with Crippen molar-refractivity contribution in [3.63, 3.8) is 0 Å². The van der Waals surface area contributed by atoms with Crippen LogP contribution in [-0.2, 0) is 4.79 Å². The lowest BCUT2D eigenvalue weighted by Gasteiger charge is -2.33. The Balaban J connectivity index is 1.71. The summed E-state index contributed by atoms with van der Waals surface area (Å²) in [4.78, 5) is 30.5. The predicted molar refractivity (Wildman–Crippen MR) is 89.7 cm³/mol. The van der Waals surface area contributed by atoms with Gasteiger partial charge in [-0.25, -0.2) is 9.18 Å². The Hall–Kier alpha value is -2.50. The van der Waals surface area contributed by atoms with Crippen LogP contribution in [0.3, 0.4) is 0 Å². The van der Waals surface area contributed by atoms with Crippen LogP contribution in [0.4, 0.5) is 4.39 Å². The highest BCUT2D eigenvalue weighted by Gasteiger charge is 2.47. The van der Waals surface area contributed by atoms with E-state index in [1.807, 2.05) is 0 Å². The van der Waals surface area contributed by atoms with E-state index >= 15 is 0 Å². The van der Waals surface area contributed by atoms with Gasteiger partial charge in [0.05, 0.1) is 11.1 Å². The number of aliphatic carboxylic acids is 1. The fourth-order valence-electron chi connectivity index (χ4n) is 4.34. The van der Waals surface area contributed by atoms with Gasteiger partial charge in [-0.05, 0) is 49.4 Å². The molecule has 1 aliphatic carbocycles. The highest BCUT2D eigenvalue weighted by molar-refractivity contribution is 5.99. The molecule has 1 amide bonds. The second-order valence-electron chi connectivity index (χ2n) is 6.98. The number of hydrogen-bond donors (Lipinski definition) is 1. The summed E-state index contributed by atoms with van der Waals surface area (Å²) in [5.41, 5.74) is 0.917. The molecule has 1 saturated heterocycles. The van der Waals surface area contributed by atoms with Gasteiger partial charge in [0.2, 0.25) is 0 Å². The van der Waals surface area contributed by atoms with Crippen LogP contribution in [0, 0.1) is 11.7 Å². The number of carboxylic acids is 1. The van der Waals surface area contributed by atoms with Gasteiger partial charge >= 0.3 is 5.97 Å². The Morgan fingerprint density at radius 1 is 1.20 bits per heavy atom. The molecule has 5 nitrogen and oxygen atoms in total. The number of likely N-dealkylation sites (tertiary alicyclic amines) is 1. The third kappa shape index (κ3) is 2.75. The molecule has 1 aromatic heterocycles. The summed E-state index contributed by atoms with van der Waals surface area (Å²) < 4.78 is 13.5. The van der Waals surface area contributed by atoms with E-state index in [4.69, 9.17) is 0 Å². The largest absolute Gasteiger partial charge is 0.480 e. The standard InChI is InChI=1S/C19H19FN2O3/c20-14-5-6-15-12(8-14)7-13(10-21-15)18(23)22-16-4-2-1-3-11(16)9-17(22)19(24)25/h5-8,10-11,16-17H,1-4,9H2,(H,24,25). The van der Waals surface area contributed by atoms with Gasteiger partial charge in [-0.2, -0.15) is 0 Å². The summed E-state index contributed by atoms with van der Waals surface area (Å²) in [5, 5.41) is 10.1. The quantitative estimate of drug-likeness (QED) is 0.910. The van der Waals surface area contributed by atoms with Crippen LogP contribution >= 0.6 is 0 Å². The van der Waals surface area contributed by atoms with Crippen molar-refractivity contribution in [1.29, 1.82) is 0 Å². The molecule has 1 N–H and O–H groups in total. The number of amides is 1. The summed E-state index contributed by atoms with van der Waals surface area (Å²) in [5.74, 6) is -1.41. The minimum absolute atomic E-state index is 0.0226. The molecule has 6 heteroatoms. The number of aromatic nitrogens is 1. The van der Waals surface area contributed by atoms with Gasteiger partial charge in [0, 0.05) is 17.6 Å². The second kappa shape index (κ2) is 6.10. The van der Waals surface area contributed by atoms with Gasteiger partial charge in [-0.15, -0.1) is 0 Å². The van der Waals surface area contributed by atoms with Crippen LogP contribution in [0.2, 0.25) is 0 Å². The fourth-order valence-corrected chi connectivity index (χ4v) is 4.34. The van der Waals surface area contributed by atoms with Crippen molar-refractivity contribution in [3.05, 3.63) is 41.8 Å². The molecule has 3 atom stereocenters. The molecule has 0 spiro atoms. The number of hydrogen-bond acceptors (Lipinski definition) is 3. The molecule has 1 saturated carbocycles. The number of carbonyl (C=O) groups excluding carboxylic acids is 1. The fraction of sp³-hybridized carbons (Fsp3) is 0.421. The molecule has 2 aliphatic rings. The minimum atomic E-state index is -0.956. The molecule has 2 fully saturated rings. The van der Waals surface area contributed by atoms with Gasteiger partial charge in [-0.3, -0.25) is 9.78 Å². The van der Waals surface area contributed by atoms with Crippen molar-refractivity contribution in [1.82, 2.24) is 9.88 Å². The zero-order chi connectivity index (χ0) is 17.6. The Bertz CT molecular complexity index is 854. The van der Waals surface area contributed by atoms with Crippen LogP contribution in [0.5, 0.6) is 0 Å². The summed E-state index contributed by atoms with van der Waals surface area (Å²) in [6, 6.07) is 5.01. The lowest BCUT2D eigenvalue weighted by molar-refractivity contribution is -0.141. The van der Waals surface area contributed by atoms with Gasteiger partial charge in [-0.1, -0.05) is 12.8 Å². The monoisotopic (exact) mass is 342 g/mol. The average molecular weight is 342 g/mol. The van der Waals surface area contributed by atoms with Crippen molar-refractivity contribution in [3.8, 4) is 0 Å². The first-order chi connectivity index (χ1) is 12.0. The van der Waals surface area contributed by atoms with E-state index in [2.05, 4.69) is 4.98 Å². The molecule has 1 aromatic carbocycles. The molecule has 0 radical (unpaired) electrons. The summed E-state index contributed by atoms with van der Waals surface area (Å²) in [7, 11) is 0. The molecule has 25 heavy (non-hydrogen) atoms. The van der Waals surface area contributed by atoms with Crippen molar-refractivity contribution < 1.29 is 19.1 Å². The van der Waals surface area contributed by atoms with Crippen LogP contribution < -0.4 is 0 Å². The van der Waals surface area contributed by atoms with Crippen LogP contribution in [0.25, 0.3) is 10.9 Å². The van der Waals surface area contributed by atoms with E-state index in [0.29, 0.717) is 22.9 Å². The number of carboxylic acid groups (broad SMARTS) is 1. The summed E-state index contributed by atoms with van der Waals surface area (Å²) >= 11 is 0. The van der Waals surface area contributed by atoms with Crippen molar-refractivity contribution in [2.75, 3.05) is 0 Å². The number of carbonyl (C=O) groups is 2. The van der Waals surface area contributed by atoms with Crippen molar-refractivity contribution in [2.24, 2.45) is 5.92 Å². The first kappa shape index (κ1) is 16.0. The van der Waals surface area contributed by atoms with Crippen molar-refractivity contribution in [2.45, 2.75) is 44.2 Å². The van der Waals surface area contributed by atoms with E-state index in [0.717, 1.165) is 25.7 Å². The van der Waals surface area contributed by atoms with Crippen LogP contribution in [-0.4, -0.2) is 39.0 Å². The molecule has 130 valence electrons. The number of benzene rings is 1. The predicted octanol–water partition coefficient (Wildman–Crippen LogP) is 3.23. The summed E-state index contributed by atoms with van der Waals surface area (Å²) in [6.07, 6.45) is 5.89. The molecule has 3 unspecified atom stereocenters. The van der Waals surface area contributed by atoms with E-state index in [1.165, 1.54) is 23.2 Å². The number of nitrogens with zero attached hydrogens (tertiary/aromatic N) is 2. The van der Waals surface area contributed by atoms with Gasteiger partial charge in [0.25, 0.3) is 5.91 Å². The number of halogens is 1. The van der Waals surface area contributed by atoms with E-state index in [1.54, 1.807) is 12.1 Å². The average Bonchev–Trinajstić information content (AvgIpc) is 3.00. The van der Waals surface area contributed by atoms with Crippen LogP contribution in [0.1, 0.15) is 42.5 Å². The lowest BCUT2D eigenvalue weighted by Crippen LogP contribution is -2.46. The maximum Gasteiger partial charge on any atom is 0.326 e. The number of pyridine rings is 1. The molecule has 2 aromatic rings. The highest BCUT2D eigenvalue weighted by Crippen LogP contribution is 2.40. The molecule has 1 aliphatic heterocycles. The highest BCUT2D eigenvalue weighted by atomic mass is 19.1. The van der Waals surface area contributed by atoms with E-state index in [-0.39, 0.29) is 17.9 Å². The smallest absolute Gasteiger partial charge is 0.326 e. The van der Waals surface area contributed by atoms with Crippen LogP contribution in [0.15, 0.2) is 30.5 Å². The topological polar surface area (TPSA) is 70.5 Å². The lowest BCUT2D eigenvalue weighted by atomic mass is 9.84. The third-order valence-electron chi connectivity index (χ3n) is 5.50. The van der Waals surface area contributed by atoms with Crippen molar-refractivity contribution >= 4 is 22.8 Å². The Morgan fingerprint density at radius 3 is 2.80 bits per heavy atom.